The lowest BCUT2D eigenvalue weighted by Crippen LogP contribution is -2.28. The molecule has 0 aliphatic heterocycles. The lowest BCUT2D eigenvalue weighted by molar-refractivity contribution is 0.130. The van der Waals surface area contributed by atoms with Crippen LogP contribution >= 0.6 is 23.2 Å². The van der Waals surface area contributed by atoms with Crippen LogP contribution in [0.25, 0.3) is 0 Å². The predicted octanol–water partition coefficient (Wildman–Crippen LogP) is 3.02. The number of aliphatic hydroxyl groups is 2. The molecule has 0 aliphatic carbocycles. The minimum atomic E-state index is -0.485. The second-order valence-electron chi connectivity index (χ2n) is 4.65. The van der Waals surface area contributed by atoms with Crippen molar-refractivity contribution in [1.29, 1.82) is 0 Å². The highest BCUT2D eigenvalue weighted by Crippen LogP contribution is 2.23. The summed E-state index contributed by atoms with van der Waals surface area (Å²) < 4.78 is 0. The average molecular weight is 271 g/mol. The minimum absolute atomic E-state index is 0.0194. The maximum atomic E-state index is 9.89. The molecule has 0 aromatic rings. The highest BCUT2D eigenvalue weighted by atomic mass is 35.5. The fourth-order valence-corrected chi connectivity index (χ4v) is 1.99. The molecule has 0 saturated heterocycles. The molecule has 2 N–H and O–H groups in total. The number of hydrogen-bond donors (Lipinski definition) is 2. The topological polar surface area (TPSA) is 40.5 Å². The third kappa shape index (κ3) is 5.72. The molecule has 5 atom stereocenters. The van der Waals surface area contributed by atoms with Crippen LogP contribution in [0.15, 0.2) is 0 Å². The maximum Gasteiger partial charge on any atom is 0.0706 e. The highest BCUT2D eigenvalue weighted by molar-refractivity contribution is 6.21. The zero-order valence-corrected chi connectivity index (χ0v) is 11.9. The van der Waals surface area contributed by atoms with Gasteiger partial charge >= 0.3 is 0 Å². The van der Waals surface area contributed by atoms with Gasteiger partial charge in [-0.3, -0.25) is 0 Å². The number of alkyl halides is 2. The van der Waals surface area contributed by atoms with E-state index in [1.807, 2.05) is 13.8 Å². The van der Waals surface area contributed by atoms with Crippen molar-refractivity contribution >= 4 is 23.2 Å². The number of hydrogen-bond acceptors (Lipinski definition) is 2. The molecule has 0 fully saturated rings. The summed E-state index contributed by atoms with van der Waals surface area (Å²) in [5.41, 5.74) is 0. The average Bonchev–Trinajstić information content (AvgIpc) is 2.32. The molecule has 0 aliphatic rings. The molecule has 0 aromatic carbocycles. The van der Waals surface area contributed by atoms with Crippen LogP contribution < -0.4 is 0 Å². The Morgan fingerprint density at radius 2 is 1.62 bits per heavy atom. The van der Waals surface area contributed by atoms with Gasteiger partial charge < -0.3 is 10.2 Å². The van der Waals surface area contributed by atoms with Gasteiger partial charge in [0.25, 0.3) is 0 Å². The van der Waals surface area contributed by atoms with Crippen molar-refractivity contribution in [2.45, 2.75) is 56.9 Å². The van der Waals surface area contributed by atoms with Crippen molar-refractivity contribution in [1.82, 2.24) is 0 Å². The largest absolute Gasteiger partial charge is 0.395 e. The third-order valence-corrected chi connectivity index (χ3v) is 4.55. The zero-order chi connectivity index (χ0) is 12.7. The standard InChI is InChI=1S/C12H24Cl2O2/c1-4-8(2)12(14)11(16)6-5-9(3)10(13)7-15/h8-12,15-16H,4-7H2,1-3H3. The SMILES string of the molecule is CCC(C)C(Cl)C(O)CCC(C)C(Cl)CO. The van der Waals surface area contributed by atoms with Gasteiger partial charge in [-0.2, -0.15) is 0 Å². The number of halogens is 2. The van der Waals surface area contributed by atoms with Crippen LogP contribution in [-0.4, -0.2) is 33.7 Å². The van der Waals surface area contributed by atoms with Gasteiger partial charge in [-0.05, 0) is 24.7 Å². The van der Waals surface area contributed by atoms with Gasteiger partial charge in [0.15, 0.2) is 0 Å². The summed E-state index contributed by atoms with van der Waals surface area (Å²) in [5.74, 6) is 0.513. The van der Waals surface area contributed by atoms with E-state index in [0.29, 0.717) is 12.3 Å². The monoisotopic (exact) mass is 270 g/mol. The summed E-state index contributed by atoms with van der Waals surface area (Å²) in [4.78, 5) is 0. The van der Waals surface area contributed by atoms with Gasteiger partial charge in [0.1, 0.15) is 0 Å². The van der Waals surface area contributed by atoms with E-state index in [9.17, 15) is 5.11 Å². The molecule has 98 valence electrons. The van der Waals surface area contributed by atoms with Crippen LogP contribution in [0.1, 0.15) is 40.0 Å². The van der Waals surface area contributed by atoms with E-state index in [4.69, 9.17) is 28.3 Å². The predicted molar refractivity (Wildman–Crippen MR) is 70.2 cm³/mol. The molecule has 0 amide bonds. The molecule has 0 spiro atoms. The molecule has 16 heavy (non-hydrogen) atoms. The number of aliphatic hydroxyl groups excluding tert-OH is 2. The smallest absolute Gasteiger partial charge is 0.0706 e. The van der Waals surface area contributed by atoms with Crippen LogP contribution in [0.5, 0.6) is 0 Å². The van der Waals surface area contributed by atoms with Gasteiger partial charge in [-0.25, -0.2) is 0 Å². The lowest BCUT2D eigenvalue weighted by Gasteiger charge is -2.24. The van der Waals surface area contributed by atoms with Crippen molar-refractivity contribution in [2.24, 2.45) is 11.8 Å². The van der Waals surface area contributed by atoms with Crippen LogP contribution in [0, 0.1) is 11.8 Å². The lowest BCUT2D eigenvalue weighted by atomic mass is 9.93. The molecular formula is C12H24Cl2O2. The highest BCUT2D eigenvalue weighted by Gasteiger charge is 2.23. The Balaban J connectivity index is 3.92. The first-order valence-electron chi connectivity index (χ1n) is 6.01. The van der Waals surface area contributed by atoms with Gasteiger partial charge in [0.2, 0.25) is 0 Å². The summed E-state index contributed by atoms with van der Waals surface area (Å²) in [6, 6.07) is 0. The number of rotatable bonds is 8. The first-order valence-corrected chi connectivity index (χ1v) is 6.88. The van der Waals surface area contributed by atoms with Crippen molar-refractivity contribution in [2.75, 3.05) is 6.61 Å². The van der Waals surface area contributed by atoms with Crippen LogP contribution in [-0.2, 0) is 0 Å². The Morgan fingerprint density at radius 3 is 2.06 bits per heavy atom. The van der Waals surface area contributed by atoms with Crippen molar-refractivity contribution in [3.8, 4) is 0 Å². The zero-order valence-electron chi connectivity index (χ0n) is 10.4. The van der Waals surface area contributed by atoms with Crippen LogP contribution in [0.3, 0.4) is 0 Å². The molecule has 0 heterocycles. The third-order valence-electron chi connectivity index (χ3n) is 3.26. The summed E-state index contributed by atoms with van der Waals surface area (Å²) in [7, 11) is 0. The van der Waals surface area contributed by atoms with E-state index in [1.165, 1.54) is 0 Å². The minimum Gasteiger partial charge on any atom is -0.395 e. The van der Waals surface area contributed by atoms with Crippen LogP contribution in [0.2, 0.25) is 0 Å². The fraction of sp³-hybridized carbons (Fsp3) is 1.00. The van der Waals surface area contributed by atoms with E-state index in [2.05, 4.69) is 6.92 Å². The molecule has 4 heteroatoms. The molecule has 2 nitrogen and oxygen atoms in total. The molecule has 0 radical (unpaired) electrons. The van der Waals surface area contributed by atoms with E-state index in [1.54, 1.807) is 0 Å². The van der Waals surface area contributed by atoms with Crippen LogP contribution in [0.4, 0.5) is 0 Å². The first kappa shape index (κ1) is 16.5. The van der Waals surface area contributed by atoms with Gasteiger partial charge in [-0.1, -0.05) is 27.2 Å². The first-order chi connectivity index (χ1) is 7.43. The summed E-state index contributed by atoms with van der Waals surface area (Å²) in [6.45, 7) is 6.07. The van der Waals surface area contributed by atoms with Gasteiger partial charge in [0, 0.05) is 0 Å². The second-order valence-corrected chi connectivity index (χ2v) is 5.72. The quantitative estimate of drug-likeness (QED) is 0.666. The molecular weight excluding hydrogens is 247 g/mol. The normalized spacial score (nSPS) is 21.2. The van der Waals surface area contributed by atoms with Crippen molar-refractivity contribution in [3.63, 3.8) is 0 Å². The Hall–Kier alpha value is 0.500. The van der Waals surface area contributed by atoms with Gasteiger partial charge in [-0.15, -0.1) is 23.2 Å². The summed E-state index contributed by atoms with van der Waals surface area (Å²) >= 11 is 12.1. The van der Waals surface area contributed by atoms with E-state index >= 15 is 0 Å². The Labute approximate surface area is 109 Å². The fourth-order valence-electron chi connectivity index (χ4n) is 1.56. The molecule has 0 rings (SSSR count). The van der Waals surface area contributed by atoms with Crippen molar-refractivity contribution < 1.29 is 10.2 Å². The molecule has 0 saturated carbocycles. The summed E-state index contributed by atoms with van der Waals surface area (Å²) in [6.07, 6.45) is 1.91. The molecule has 0 bridgehead atoms. The summed E-state index contributed by atoms with van der Waals surface area (Å²) in [5, 5.41) is 18.3. The van der Waals surface area contributed by atoms with E-state index in [-0.39, 0.29) is 23.3 Å². The van der Waals surface area contributed by atoms with E-state index < -0.39 is 6.10 Å². The van der Waals surface area contributed by atoms with Crippen molar-refractivity contribution in [3.05, 3.63) is 0 Å². The van der Waals surface area contributed by atoms with E-state index in [0.717, 1.165) is 12.8 Å². The molecule has 5 unspecified atom stereocenters. The maximum absolute atomic E-state index is 9.89. The Morgan fingerprint density at radius 1 is 1.06 bits per heavy atom. The Kier molecular flexibility index (Phi) is 8.84. The second kappa shape index (κ2) is 8.57. The Bertz CT molecular complexity index is 178. The molecule has 0 aromatic heterocycles. The van der Waals surface area contributed by atoms with Gasteiger partial charge in [0.05, 0.1) is 23.5 Å².